The summed E-state index contributed by atoms with van der Waals surface area (Å²) in [4.78, 5) is 42.0. The van der Waals surface area contributed by atoms with Gasteiger partial charge in [0.2, 0.25) is 5.91 Å². The number of halogens is 4. The summed E-state index contributed by atoms with van der Waals surface area (Å²) in [6.45, 7) is 4.67. The molecular weight excluding hydrogens is 839 g/mol. The minimum Gasteiger partial charge on any atom is -0.489 e. The maximum atomic E-state index is 14.3. The van der Waals surface area contributed by atoms with Gasteiger partial charge in [-0.1, -0.05) is 65.7 Å². The van der Waals surface area contributed by atoms with Crippen molar-refractivity contribution >= 4 is 41.5 Å². The van der Waals surface area contributed by atoms with Crippen LogP contribution in [0.25, 0.3) is 11.1 Å². The summed E-state index contributed by atoms with van der Waals surface area (Å²) < 4.78 is 47.2. The second-order valence-electron chi connectivity index (χ2n) is 14.8. The summed E-state index contributed by atoms with van der Waals surface area (Å²) in [6.07, 6.45) is 2.09. The number of aromatic nitrogens is 1. The molecule has 8 rings (SSSR count). The number of carboxylic acid groups (broad SMARTS) is 1. The van der Waals surface area contributed by atoms with Gasteiger partial charge in [0.25, 0.3) is 12.4 Å². The molecule has 10 nitrogen and oxygen atoms in total. The quantitative estimate of drug-likeness (QED) is 0.130. The van der Waals surface area contributed by atoms with Crippen molar-refractivity contribution in [3.05, 3.63) is 176 Å². The average Bonchev–Trinajstić information content (AvgIpc) is 3.26. The predicted molar refractivity (Wildman–Crippen MR) is 231 cm³/mol. The second kappa shape index (κ2) is 19.5. The Morgan fingerprint density at radius 3 is 2.29 bits per heavy atom. The Morgan fingerprint density at radius 2 is 1.58 bits per heavy atom. The Morgan fingerprint density at radius 1 is 0.887 bits per heavy atom. The number of rotatable bonds is 10. The fraction of sp³-hybridized carbons (Fsp3) is 0.208. The van der Waals surface area contributed by atoms with Crippen molar-refractivity contribution in [3.63, 3.8) is 0 Å². The number of aryl methyl sites for hydroxylation is 1. The van der Waals surface area contributed by atoms with Gasteiger partial charge in [0.1, 0.15) is 36.6 Å². The summed E-state index contributed by atoms with van der Waals surface area (Å²) in [5.41, 5.74) is 8.42. The molecule has 1 aromatic heterocycles. The van der Waals surface area contributed by atoms with Crippen molar-refractivity contribution in [1.29, 1.82) is 0 Å². The molecule has 5 aromatic carbocycles. The second-order valence-corrected chi connectivity index (χ2v) is 15.6. The van der Waals surface area contributed by atoms with E-state index in [1.165, 1.54) is 4.90 Å². The van der Waals surface area contributed by atoms with E-state index in [1.54, 1.807) is 18.3 Å². The third-order valence-corrected chi connectivity index (χ3v) is 11.5. The lowest BCUT2D eigenvalue weighted by molar-refractivity contribution is -0.126. The Labute approximate surface area is 367 Å². The van der Waals surface area contributed by atoms with Crippen LogP contribution in [0.1, 0.15) is 55.5 Å². The molecule has 0 spiro atoms. The minimum absolute atomic E-state index is 0.00587. The highest BCUT2D eigenvalue weighted by atomic mass is 35.5. The lowest BCUT2D eigenvalue weighted by Gasteiger charge is -2.37. The number of benzene rings is 5. The molecule has 0 saturated carbocycles. The molecule has 0 bridgehead atoms. The van der Waals surface area contributed by atoms with E-state index in [0.29, 0.717) is 52.9 Å². The third kappa shape index (κ3) is 10.2. The van der Waals surface area contributed by atoms with Crippen LogP contribution in [0, 0.1) is 25.5 Å². The van der Waals surface area contributed by atoms with Crippen LogP contribution in [-0.4, -0.2) is 52.5 Å². The fourth-order valence-electron chi connectivity index (χ4n) is 7.43. The maximum absolute atomic E-state index is 14.3. The van der Waals surface area contributed by atoms with Gasteiger partial charge < -0.3 is 29.5 Å². The SMILES string of the molecule is Cc1nccc(-c2ccc(CCNC(=O)C3Cc4cc5c(cc4CN3C(=O)c3cc(F)cc(F)c3)OC(c3ccc(OCc4ccc(Cl)c(Cl)c4)cc3)CO5)cc2)c1C.O=CO. The van der Waals surface area contributed by atoms with E-state index in [4.69, 9.17) is 47.3 Å². The summed E-state index contributed by atoms with van der Waals surface area (Å²) in [7, 11) is 0. The van der Waals surface area contributed by atoms with Crippen LogP contribution >= 0.6 is 23.2 Å². The lowest BCUT2D eigenvalue weighted by Crippen LogP contribution is -2.52. The van der Waals surface area contributed by atoms with Crippen molar-refractivity contribution in [2.24, 2.45) is 0 Å². The van der Waals surface area contributed by atoms with E-state index >= 15 is 0 Å². The number of ether oxygens (including phenoxy) is 3. The van der Waals surface area contributed by atoms with Crippen molar-refractivity contribution < 1.29 is 42.5 Å². The van der Waals surface area contributed by atoms with E-state index < -0.39 is 29.7 Å². The average molecular weight is 881 g/mol. The number of nitrogens with zero attached hydrogens (tertiary/aromatic N) is 2. The molecule has 2 amide bonds. The van der Waals surface area contributed by atoms with E-state index in [-0.39, 0.29) is 37.5 Å². The van der Waals surface area contributed by atoms with E-state index in [9.17, 15) is 18.4 Å². The lowest BCUT2D eigenvalue weighted by atomic mass is 9.91. The number of nitrogens with one attached hydrogen (secondary N) is 1. The highest BCUT2D eigenvalue weighted by molar-refractivity contribution is 6.42. The molecule has 0 saturated heterocycles. The van der Waals surface area contributed by atoms with Gasteiger partial charge in [-0.15, -0.1) is 0 Å². The molecular formula is C48H41Cl2F2N3O7. The topological polar surface area (TPSA) is 127 Å². The number of hydrogen-bond acceptors (Lipinski definition) is 7. The van der Waals surface area contributed by atoms with Gasteiger partial charge in [-0.3, -0.25) is 19.4 Å². The smallest absolute Gasteiger partial charge is 0.290 e. The highest BCUT2D eigenvalue weighted by Crippen LogP contribution is 2.41. The van der Waals surface area contributed by atoms with Crippen LogP contribution in [0.2, 0.25) is 10.0 Å². The zero-order valence-corrected chi connectivity index (χ0v) is 35.2. The number of hydrogen-bond donors (Lipinski definition) is 2. The van der Waals surface area contributed by atoms with Crippen LogP contribution < -0.4 is 19.5 Å². The molecule has 2 unspecified atom stereocenters. The Balaban J connectivity index is 0.00000187. The molecule has 2 aliphatic rings. The van der Waals surface area contributed by atoms with Gasteiger partial charge in [-0.05, 0) is 119 Å². The zero-order valence-electron chi connectivity index (χ0n) is 33.7. The Hall–Kier alpha value is -6.50. The van der Waals surface area contributed by atoms with Crippen LogP contribution in [0.3, 0.4) is 0 Å². The first-order valence-corrected chi connectivity index (χ1v) is 20.4. The molecule has 0 fully saturated rings. The van der Waals surface area contributed by atoms with Gasteiger partial charge in [0.05, 0.1) is 10.0 Å². The van der Waals surface area contributed by atoms with Crippen LogP contribution in [0.5, 0.6) is 17.2 Å². The summed E-state index contributed by atoms with van der Waals surface area (Å²) >= 11 is 12.2. The fourth-order valence-corrected chi connectivity index (χ4v) is 7.75. The number of carbonyl (C=O) groups is 3. The molecule has 3 heterocycles. The highest BCUT2D eigenvalue weighted by Gasteiger charge is 2.37. The van der Waals surface area contributed by atoms with Crippen molar-refractivity contribution in [3.8, 4) is 28.4 Å². The summed E-state index contributed by atoms with van der Waals surface area (Å²) in [5, 5.41) is 10.8. The molecule has 318 valence electrons. The molecule has 0 aliphatic carbocycles. The van der Waals surface area contributed by atoms with Crippen LogP contribution in [0.15, 0.2) is 109 Å². The zero-order chi connectivity index (χ0) is 43.9. The maximum Gasteiger partial charge on any atom is 0.290 e. The number of amides is 2. The van der Waals surface area contributed by atoms with Crippen molar-refractivity contribution in [2.75, 3.05) is 13.2 Å². The van der Waals surface area contributed by atoms with Crippen LogP contribution in [-0.2, 0) is 35.6 Å². The molecule has 2 N–H and O–H groups in total. The first kappa shape index (κ1) is 43.6. The molecule has 2 atom stereocenters. The minimum atomic E-state index is -0.950. The third-order valence-electron chi connectivity index (χ3n) is 10.8. The summed E-state index contributed by atoms with van der Waals surface area (Å²) in [5.74, 6) is -1.15. The normalized spacial score (nSPS) is 15.1. The Kier molecular flexibility index (Phi) is 13.7. The number of fused-ring (bicyclic) bond motifs is 2. The Bertz CT molecular complexity index is 2590. The first-order chi connectivity index (χ1) is 29.9. The molecule has 62 heavy (non-hydrogen) atoms. The number of carbonyl (C=O) groups excluding carboxylic acids is 2. The van der Waals surface area contributed by atoms with Gasteiger partial charge >= 0.3 is 0 Å². The molecule has 2 aliphatic heterocycles. The van der Waals surface area contributed by atoms with E-state index in [0.717, 1.165) is 62.3 Å². The number of pyridine rings is 1. The van der Waals surface area contributed by atoms with Gasteiger partial charge in [0, 0.05) is 43.0 Å². The standard InChI is InChI=1S/C47H39Cl2F2N3O5.CH2O2/c1-27-28(2)52-16-14-39(27)31-6-3-29(4-7-31)13-15-53-46(55)42-20-33-21-43-44(22-35(33)24-54(42)47(56)34-18-36(50)23-37(51)19-34)59-45(26-58-43)32-8-10-38(11-9-32)57-25-30-5-12-40(48)41(49)17-30;2-1-3/h3-12,14,16-19,21-23,42,45H,13,15,20,24-26H2,1-2H3,(H,53,55);1H,(H,2,3). The molecule has 14 heteroatoms. The van der Waals surface area contributed by atoms with Gasteiger partial charge in [-0.2, -0.15) is 0 Å². The summed E-state index contributed by atoms with van der Waals surface area (Å²) in [6, 6.07) is 28.4. The molecule has 0 radical (unpaired) electrons. The van der Waals surface area contributed by atoms with Crippen molar-refractivity contribution in [2.45, 2.75) is 52.0 Å². The van der Waals surface area contributed by atoms with Gasteiger partial charge in [-0.25, -0.2) is 8.78 Å². The van der Waals surface area contributed by atoms with Crippen molar-refractivity contribution in [1.82, 2.24) is 15.2 Å². The van der Waals surface area contributed by atoms with Crippen LogP contribution in [0.4, 0.5) is 8.78 Å². The monoisotopic (exact) mass is 879 g/mol. The van der Waals surface area contributed by atoms with E-state index in [1.807, 2.05) is 67.6 Å². The predicted octanol–water partition coefficient (Wildman–Crippen LogP) is 9.67. The van der Waals surface area contributed by atoms with E-state index in [2.05, 4.69) is 29.4 Å². The molecule has 6 aromatic rings. The first-order valence-electron chi connectivity index (χ1n) is 19.7. The largest absolute Gasteiger partial charge is 0.489 e. The van der Waals surface area contributed by atoms with Gasteiger partial charge in [0.15, 0.2) is 17.6 Å².